The highest BCUT2D eigenvalue weighted by molar-refractivity contribution is 8.00. The van der Waals surface area contributed by atoms with E-state index in [0.29, 0.717) is 5.25 Å². The summed E-state index contributed by atoms with van der Waals surface area (Å²) in [6.45, 7) is 6.09. The highest BCUT2D eigenvalue weighted by Gasteiger charge is 2.21. The van der Waals surface area contributed by atoms with Gasteiger partial charge in [-0.25, -0.2) is 4.79 Å². The van der Waals surface area contributed by atoms with Crippen LogP contribution in [-0.4, -0.2) is 34.5 Å². The molecule has 13 heavy (non-hydrogen) atoms. The molecule has 0 bridgehead atoms. The van der Waals surface area contributed by atoms with Crippen molar-refractivity contribution in [3.63, 3.8) is 0 Å². The Morgan fingerprint density at radius 1 is 1.46 bits per heavy atom. The number of hydrogen-bond donors (Lipinski definition) is 1. The molecule has 1 saturated heterocycles. The van der Waals surface area contributed by atoms with E-state index < -0.39 is 0 Å². The minimum Gasteiger partial charge on any atom is -0.351 e. The Balaban J connectivity index is 2.26. The molecule has 0 spiro atoms. The van der Waals surface area contributed by atoms with Crippen molar-refractivity contribution in [1.29, 1.82) is 0 Å². The topological polar surface area (TPSA) is 46.3 Å². The molecule has 0 saturated carbocycles. The third kappa shape index (κ3) is 3.46. The zero-order valence-corrected chi connectivity index (χ0v) is 9.14. The molecule has 1 heterocycles. The molecule has 0 aromatic carbocycles. The van der Waals surface area contributed by atoms with E-state index in [1.165, 1.54) is 0 Å². The van der Waals surface area contributed by atoms with Gasteiger partial charge in [-0.15, -0.1) is 0 Å². The van der Waals surface area contributed by atoms with Gasteiger partial charge in [0.2, 0.25) is 0 Å². The number of nitrogens with zero attached hydrogens (tertiary/aromatic N) is 1. The van der Waals surface area contributed by atoms with Crippen LogP contribution in [0.3, 0.4) is 0 Å². The molecule has 0 atom stereocenters. The van der Waals surface area contributed by atoms with E-state index in [1.807, 2.05) is 11.8 Å². The van der Waals surface area contributed by atoms with Crippen molar-refractivity contribution < 1.29 is 4.79 Å². The monoisotopic (exact) mass is 202 g/mol. The largest absolute Gasteiger partial charge is 0.351 e. The summed E-state index contributed by atoms with van der Waals surface area (Å²) in [5.74, 6) is 0. The second kappa shape index (κ2) is 4.74. The standard InChI is InChI=1S/C9H18N2OS/c1-7(2)13-8-3-5-11(6-4-8)9(10)12/h7-8H,3-6H2,1-2H3,(H2,10,12). The second-order valence-electron chi connectivity index (χ2n) is 3.71. The Labute approximate surface area is 84.0 Å². The van der Waals surface area contributed by atoms with Crippen molar-refractivity contribution in [1.82, 2.24) is 4.90 Å². The van der Waals surface area contributed by atoms with Crippen LogP contribution in [0, 0.1) is 0 Å². The Kier molecular flexibility index (Phi) is 3.90. The summed E-state index contributed by atoms with van der Waals surface area (Å²) in [7, 11) is 0. The first-order valence-electron chi connectivity index (χ1n) is 4.79. The fraction of sp³-hybridized carbons (Fsp3) is 0.889. The van der Waals surface area contributed by atoms with E-state index in [9.17, 15) is 4.79 Å². The molecule has 1 aliphatic rings. The molecule has 0 aromatic heterocycles. The van der Waals surface area contributed by atoms with E-state index in [-0.39, 0.29) is 6.03 Å². The van der Waals surface area contributed by atoms with Gasteiger partial charge in [0.25, 0.3) is 0 Å². The molecule has 1 fully saturated rings. The minimum atomic E-state index is -0.270. The number of carbonyl (C=O) groups is 1. The molecule has 1 aliphatic heterocycles. The van der Waals surface area contributed by atoms with Gasteiger partial charge in [0.05, 0.1) is 0 Å². The predicted molar refractivity (Wildman–Crippen MR) is 56.9 cm³/mol. The molecule has 0 unspecified atom stereocenters. The van der Waals surface area contributed by atoms with Gasteiger partial charge in [0.1, 0.15) is 0 Å². The number of thioether (sulfide) groups is 1. The van der Waals surface area contributed by atoms with Crippen molar-refractivity contribution in [2.24, 2.45) is 5.73 Å². The van der Waals surface area contributed by atoms with Crippen LogP contribution in [0.25, 0.3) is 0 Å². The number of nitrogens with two attached hydrogens (primary N) is 1. The average Bonchev–Trinajstić information content (AvgIpc) is 2.04. The van der Waals surface area contributed by atoms with Crippen molar-refractivity contribution in [2.45, 2.75) is 37.2 Å². The number of amides is 2. The van der Waals surface area contributed by atoms with Gasteiger partial charge in [-0.3, -0.25) is 0 Å². The molecular weight excluding hydrogens is 184 g/mol. The lowest BCUT2D eigenvalue weighted by Crippen LogP contribution is -2.42. The first-order valence-corrected chi connectivity index (χ1v) is 5.73. The van der Waals surface area contributed by atoms with Crippen LogP contribution in [0.4, 0.5) is 4.79 Å². The van der Waals surface area contributed by atoms with Crippen molar-refractivity contribution in [3.05, 3.63) is 0 Å². The maximum absolute atomic E-state index is 10.8. The van der Waals surface area contributed by atoms with E-state index in [0.717, 1.165) is 31.2 Å². The fourth-order valence-electron chi connectivity index (χ4n) is 1.60. The van der Waals surface area contributed by atoms with Gasteiger partial charge < -0.3 is 10.6 Å². The van der Waals surface area contributed by atoms with Crippen LogP contribution in [0.15, 0.2) is 0 Å². The Morgan fingerprint density at radius 2 is 2.00 bits per heavy atom. The number of carbonyl (C=O) groups excluding carboxylic acids is 1. The molecule has 0 radical (unpaired) electrons. The predicted octanol–water partition coefficient (Wildman–Crippen LogP) is 1.67. The van der Waals surface area contributed by atoms with E-state index in [1.54, 1.807) is 4.90 Å². The molecule has 76 valence electrons. The third-order valence-corrected chi connectivity index (χ3v) is 3.62. The zero-order chi connectivity index (χ0) is 9.84. The molecule has 3 nitrogen and oxygen atoms in total. The number of rotatable bonds is 2. The third-order valence-electron chi connectivity index (χ3n) is 2.22. The molecule has 1 rings (SSSR count). The lowest BCUT2D eigenvalue weighted by molar-refractivity contribution is 0.197. The highest BCUT2D eigenvalue weighted by Crippen LogP contribution is 2.26. The highest BCUT2D eigenvalue weighted by atomic mass is 32.2. The summed E-state index contributed by atoms with van der Waals surface area (Å²) >= 11 is 2.01. The zero-order valence-electron chi connectivity index (χ0n) is 8.32. The van der Waals surface area contributed by atoms with Crippen molar-refractivity contribution in [2.75, 3.05) is 13.1 Å². The normalized spacial score (nSPS) is 19.5. The SMILES string of the molecule is CC(C)SC1CCN(C(N)=O)CC1. The smallest absolute Gasteiger partial charge is 0.314 e. The summed E-state index contributed by atoms with van der Waals surface area (Å²) in [5.41, 5.74) is 5.19. The summed E-state index contributed by atoms with van der Waals surface area (Å²) < 4.78 is 0. The van der Waals surface area contributed by atoms with Crippen LogP contribution in [0.2, 0.25) is 0 Å². The summed E-state index contributed by atoms with van der Waals surface area (Å²) in [6.07, 6.45) is 2.18. The summed E-state index contributed by atoms with van der Waals surface area (Å²) in [6, 6.07) is -0.270. The lowest BCUT2D eigenvalue weighted by atomic mass is 10.1. The van der Waals surface area contributed by atoms with Crippen LogP contribution >= 0.6 is 11.8 Å². The van der Waals surface area contributed by atoms with Crippen molar-refractivity contribution >= 4 is 17.8 Å². The first kappa shape index (κ1) is 10.7. The van der Waals surface area contributed by atoms with Gasteiger partial charge in [0.15, 0.2) is 0 Å². The molecule has 2 N–H and O–H groups in total. The van der Waals surface area contributed by atoms with Crippen LogP contribution in [0.5, 0.6) is 0 Å². The molecule has 0 aliphatic carbocycles. The average molecular weight is 202 g/mol. The van der Waals surface area contributed by atoms with Crippen LogP contribution in [-0.2, 0) is 0 Å². The van der Waals surface area contributed by atoms with Gasteiger partial charge in [0, 0.05) is 18.3 Å². The molecule has 4 heteroatoms. The molecular formula is C9H18N2OS. The minimum absolute atomic E-state index is 0.270. The Hall–Kier alpha value is -0.380. The number of hydrogen-bond acceptors (Lipinski definition) is 2. The molecule has 0 aromatic rings. The second-order valence-corrected chi connectivity index (χ2v) is 5.59. The van der Waals surface area contributed by atoms with Crippen LogP contribution in [0.1, 0.15) is 26.7 Å². The fourth-order valence-corrected chi connectivity index (χ4v) is 2.85. The number of piperidine rings is 1. The quantitative estimate of drug-likeness (QED) is 0.740. The molecule has 2 amide bonds. The number of primary amides is 1. The summed E-state index contributed by atoms with van der Waals surface area (Å²) in [5, 5.41) is 1.40. The van der Waals surface area contributed by atoms with E-state index >= 15 is 0 Å². The van der Waals surface area contributed by atoms with Crippen LogP contribution < -0.4 is 5.73 Å². The van der Waals surface area contributed by atoms with Gasteiger partial charge in [-0.05, 0) is 18.1 Å². The number of urea groups is 1. The maximum Gasteiger partial charge on any atom is 0.314 e. The van der Waals surface area contributed by atoms with E-state index in [2.05, 4.69) is 13.8 Å². The maximum atomic E-state index is 10.8. The summed E-state index contributed by atoms with van der Waals surface area (Å²) in [4.78, 5) is 12.6. The van der Waals surface area contributed by atoms with Gasteiger partial charge in [-0.1, -0.05) is 13.8 Å². The van der Waals surface area contributed by atoms with Crippen molar-refractivity contribution in [3.8, 4) is 0 Å². The number of likely N-dealkylation sites (tertiary alicyclic amines) is 1. The van der Waals surface area contributed by atoms with E-state index in [4.69, 9.17) is 5.73 Å². The Morgan fingerprint density at radius 3 is 2.38 bits per heavy atom. The Bertz CT molecular complexity index is 176. The van der Waals surface area contributed by atoms with Gasteiger partial charge in [-0.2, -0.15) is 11.8 Å². The lowest BCUT2D eigenvalue weighted by Gasteiger charge is -2.31. The van der Waals surface area contributed by atoms with Gasteiger partial charge >= 0.3 is 6.03 Å². The first-order chi connectivity index (χ1) is 6.09.